The molecule has 0 aromatic rings. The van der Waals surface area contributed by atoms with Crippen LogP contribution in [0.15, 0.2) is 0 Å². The smallest absolute Gasteiger partial charge is 0.187 e. The Kier molecular flexibility index (Phi) is 8.99. The van der Waals surface area contributed by atoms with Gasteiger partial charge in [-0.3, -0.25) is 0 Å². The van der Waals surface area contributed by atoms with Crippen LogP contribution in [0.2, 0.25) is 0 Å². The first-order valence-electron chi connectivity index (χ1n) is 10.8. The molecule has 33 heavy (non-hydrogen) atoms. The molecule has 15 nitrogen and oxygen atoms in total. The van der Waals surface area contributed by atoms with Crippen LogP contribution in [0.5, 0.6) is 0 Å². The van der Waals surface area contributed by atoms with E-state index < -0.39 is 91.8 Å². The van der Waals surface area contributed by atoms with Crippen molar-refractivity contribution >= 4 is 0 Å². The fraction of sp³-hybridized carbons (Fsp3) is 1.00. The fourth-order valence-electron chi connectivity index (χ4n) is 4.40. The normalized spacial score (nSPS) is 53.7. The second-order valence-electron chi connectivity index (χ2n) is 8.76. The Bertz CT molecular complexity index is 584. The molecule has 0 bridgehead atoms. The number of aliphatic hydroxyl groups is 7. The lowest BCUT2D eigenvalue weighted by Gasteiger charge is -2.48. The first-order valence-corrected chi connectivity index (χ1v) is 10.8. The number of aliphatic hydroxyl groups excluding tert-OH is 7. The Morgan fingerprint density at radius 2 is 0.939 bits per heavy atom. The maximum Gasteiger partial charge on any atom is 0.187 e. The summed E-state index contributed by atoms with van der Waals surface area (Å²) in [6, 6.07) is -1.68. The van der Waals surface area contributed by atoms with Crippen molar-refractivity contribution in [1.82, 2.24) is 0 Å². The molecular formula is C18H36N4O11. The molecule has 194 valence electrons. The topological polar surface area (TPSA) is 283 Å². The molecule has 1 unspecified atom stereocenters. The quantitative estimate of drug-likeness (QED) is 0.167. The monoisotopic (exact) mass is 484 g/mol. The number of rotatable bonds is 6. The van der Waals surface area contributed by atoms with Gasteiger partial charge in [-0.15, -0.1) is 0 Å². The van der Waals surface area contributed by atoms with Crippen LogP contribution in [0, 0.1) is 0 Å². The van der Waals surface area contributed by atoms with E-state index in [1.807, 2.05) is 0 Å². The zero-order valence-corrected chi connectivity index (χ0v) is 17.9. The van der Waals surface area contributed by atoms with E-state index >= 15 is 0 Å². The Morgan fingerprint density at radius 3 is 1.27 bits per heavy atom. The molecule has 2 heterocycles. The number of hydrogen-bond donors (Lipinski definition) is 11. The minimum Gasteiger partial charge on any atom is -0.388 e. The number of hydrogen-bond acceptors (Lipinski definition) is 15. The molecule has 1 saturated carbocycles. The van der Waals surface area contributed by atoms with Gasteiger partial charge in [-0.1, -0.05) is 0 Å². The first-order chi connectivity index (χ1) is 15.5. The first kappa shape index (κ1) is 27.0. The van der Waals surface area contributed by atoms with Crippen molar-refractivity contribution in [3.63, 3.8) is 0 Å². The summed E-state index contributed by atoms with van der Waals surface area (Å²) in [5.41, 5.74) is 23.2. The highest BCUT2D eigenvalue weighted by Gasteiger charge is 2.51. The average Bonchev–Trinajstić information content (AvgIpc) is 2.79. The molecule has 3 fully saturated rings. The molecule has 15 atom stereocenters. The minimum atomic E-state index is -1.66. The zero-order valence-electron chi connectivity index (χ0n) is 17.9. The van der Waals surface area contributed by atoms with Crippen molar-refractivity contribution in [2.75, 3.05) is 13.1 Å². The van der Waals surface area contributed by atoms with Gasteiger partial charge >= 0.3 is 0 Å². The molecule has 0 aromatic heterocycles. The van der Waals surface area contributed by atoms with E-state index in [0.29, 0.717) is 0 Å². The highest BCUT2D eigenvalue weighted by atomic mass is 16.7. The van der Waals surface area contributed by atoms with E-state index in [9.17, 15) is 35.7 Å². The summed E-state index contributed by atoms with van der Waals surface area (Å²) in [5, 5.41) is 71.4. The van der Waals surface area contributed by atoms with Crippen LogP contribution in [-0.2, 0) is 18.9 Å². The van der Waals surface area contributed by atoms with Crippen LogP contribution >= 0.6 is 0 Å². The maximum atomic E-state index is 10.9. The van der Waals surface area contributed by atoms with Gasteiger partial charge in [0.2, 0.25) is 0 Å². The van der Waals surface area contributed by atoms with Gasteiger partial charge in [0, 0.05) is 25.2 Å². The Hall–Kier alpha value is -0.600. The Labute approximate surface area is 189 Å². The van der Waals surface area contributed by atoms with Crippen LogP contribution in [0.3, 0.4) is 0 Å². The molecule has 3 rings (SSSR count). The largest absolute Gasteiger partial charge is 0.388 e. The number of ether oxygens (including phenoxy) is 4. The number of nitrogens with two attached hydrogens (primary N) is 4. The third-order valence-electron chi connectivity index (χ3n) is 6.45. The highest BCUT2D eigenvalue weighted by molar-refractivity contribution is 5.01. The van der Waals surface area contributed by atoms with Crippen LogP contribution in [-0.4, -0.2) is 141 Å². The van der Waals surface area contributed by atoms with Gasteiger partial charge in [0.15, 0.2) is 12.6 Å². The van der Waals surface area contributed by atoms with E-state index in [-0.39, 0.29) is 19.5 Å². The van der Waals surface area contributed by atoms with Gasteiger partial charge in [-0.25, -0.2) is 0 Å². The lowest BCUT2D eigenvalue weighted by Crippen LogP contribution is -2.68. The van der Waals surface area contributed by atoms with E-state index in [1.54, 1.807) is 0 Å². The van der Waals surface area contributed by atoms with Crippen molar-refractivity contribution in [3.05, 3.63) is 0 Å². The van der Waals surface area contributed by atoms with Crippen molar-refractivity contribution < 1.29 is 54.7 Å². The van der Waals surface area contributed by atoms with Crippen molar-refractivity contribution in [2.24, 2.45) is 22.9 Å². The Balaban J connectivity index is 1.72. The summed E-state index contributed by atoms with van der Waals surface area (Å²) in [7, 11) is 0. The maximum absolute atomic E-state index is 10.9. The predicted octanol–water partition coefficient (Wildman–Crippen LogP) is -7.29. The van der Waals surface area contributed by atoms with Crippen molar-refractivity contribution in [2.45, 2.75) is 98.2 Å². The van der Waals surface area contributed by atoms with Crippen LogP contribution in [0.1, 0.15) is 6.42 Å². The molecule has 15 N–H and O–H groups in total. The molecule has 2 aliphatic heterocycles. The SMILES string of the molecule is NC[C@@H]1O[C@H](O[C@H]2C(O)[C@@H](O[C@@H]3O[C@@H](CN)[C@H](O)[C@@H](O)[C@@H]3O)[C@H](N)C[C@@H]2N)[C@@H](O)[C@H](O)[C@H]1O. The van der Waals surface area contributed by atoms with E-state index in [4.69, 9.17) is 41.9 Å². The molecule has 2 saturated heterocycles. The fourth-order valence-corrected chi connectivity index (χ4v) is 4.40. The van der Waals surface area contributed by atoms with Gasteiger partial charge in [-0.2, -0.15) is 0 Å². The standard InChI is InChI=1S/C18H36N4O11/c19-2-6-8(23)10(25)12(27)17(30-6)32-15-4(21)1-5(22)16(14(15)29)33-18-13(28)11(26)9(24)7(3-20)31-18/h4-18,23-29H,1-3,19-22H2/t4-,5+,6-,7-,8-,9-,10+,11+,12-,13-,14?,15+,16-,17+,18-/m0/s1. The molecule has 0 radical (unpaired) electrons. The summed E-state index contributed by atoms with van der Waals surface area (Å²) < 4.78 is 22.2. The lowest BCUT2D eigenvalue weighted by molar-refractivity contribution is -0.336. The highest BCUT2D eigenvalue weighted by Crippen LogP contribution is 2.31. The molecular weight excluding hydrogens is 448 g/mol. The summed E-state index contributed by atoms with van der Waals surface area (Å²) in [6.07, 6.45) is -18.3. The third-order valence-corrected chi connectivity index (χ3v) is 6.45. The summed E-state index contributed by atoms with van der Waals surface area (Å²) in [5.74, 6) is 0. The molecule has 1 aliphatic carbocycles. The molecule has 3 aliphatic rings. The summed E-state index contributed by atoms with van der Waals surface area (Å²) in [4.78, 5) is 0. The van der Waals surface area contributed by atoms with Crippen molar-refractivity contribution in [1.29, 1.82) is 0 Å². The van der Waals surface area contributed by atoms with Gasteiger partial charge in [0.1, 0.15) is 67.1 Å². The molecule has 15 heteroatoms. The second-order valence-corrected chi connectivity index (χ2v) is 8.76. The second kappa shape index (κ2) is 11.0. The van der Waals surface area contributed by atoms with E-state index in [1.165, 1.54) is 0 Å². The molecule has 0 amide bonds. The van der Waals surface area contributed by atoms with Gasteiger partial charge in [0.25, 0.3) is 0 Å². The van der Waals surface area contributed by atoms with Crippen molar-refractivity contribution in [3.8, 4) is 0 Å². The van der Waals surface area contributed by atoms with Crippen LogP contribution < -0.4 is 22.9 Å². The summed E-state index contributed by atoms with van der Waals surface area (Å²) in [6.45, 7) is -0.345. The molecule has 0 spiro atoms. The van der Waals surface area contributed by atoms with E-state index in [2.05, 4.69) is 0 Å². The van der Waals surface area contributed by atoms with Gasteiger partial charge in [0.05, 0.1) is 0 Å². The van der Waals surface area contributed by atoms with Gasteiger partial charge in [-0.05, 0) is 6.42 Å². The Morgan fingerprint density at radius 1 is 0.576 bits per heavy atom. The van der Waals surface area contributed by atoms with Crippen LogP contribution in [0.25, 0.3) is 0 Å². The van der Waals surface area contributed by atoms with Gasteiger partial charge < -0.3 is 77.6 Å². The molecule has 0 aromatic carbocycles. The minimum absolute atomic E-state index is 0.0784. The summed E-state index contributed by atoms with van der Waals surface area (Å²) >= 11 is 0. The lowest BCUT2D eigenvalue weighted by atomic mass is 9.84. The third kappa shape index (κ3) is 5.32. The zero-order chi connectivity index (χ0) is 24.6. The van der Waals surface area contributed by atoms with Crippen LogP contribution in [0.4, 0.5) is 0 Å². The predicted molar refractivity (Wildman–Crippen MR) is 108 cm³/mol. The average molecular weight is 485 g/mol. The van der Waals surface area contributed by atoms with E-state index in [0.717, 1.165) is 0 Å².